The standard InChI is InChI=1S/C15H9ClINO3/c16-12-6-13(17)15(14-11(12)2-1-5-18-14)20-8-10-4-3-9(7-19)21-10/h1-7H,8H2. The number of benzene rings is 1. The maximum absolute atomic E-state index is 10.6. The molecule has 21 heavy (non-hydrogen) atoms. The largest absolute Gasteiger partial charge is 0.482 e. The lowest BCUT2D eigenvalue weighted by Gasteiger charge is -2.10. The smallest absolute Gasteiger partial charge is 0.185 e. The van der Waals surface area contributed by atoms with E-state index in [-0.39, 0.29) is 12.4 Å². The number of hydrogen-bond acceptors (Lipinski definition) is 4. The average molecular weight is 414 g/mol. The van der Waals surface area contributed by atoms with Crippen molar-refractivity contribution in [2.24, 2.45) is 0 Å². The van der Waals surface area contributed by atoms with Gasteiger partial charge in [-0.1, -0.05) is 11.6 Å². The second kappa shape index (κ2) is 6.03. The summed E-state index contributed by atoms with van der Waals surface area (Å²) in [4.78, 5) is 14.9. The van der Waals surface area contributed by atoms with Crippen LogP contribution in [-0.4, -0.2) is 11.3 Å². The van der Waals surface area contributed by atoms with E-state index in [0.717, 1.165) is 8.96 Å². The lowest BCUT2D eigenvalue weighted by Crippen LogP contribution is -1.98. The predicted molar refractivity (Wildman–Crippen MR) is 87.9 cm³/mol. The Bertz CT molecular complexity index is 816. The zero-order valence-electron chi connectivity index (χ0n) is 10.7. The van der Waals surface area contributed by atoms with E-state index < -0.39 is 0 Å². The summed E-state index contributed by atoms with van der Waals surface area (Å²) < 4.78 is 12.0. The number of pyridine rings is 1. The van der Waals surface area contributed by atoms with Crippen molar-refractivity contribution in [1.82, 2.24) is 4.98 Å². The number of nitrogens with zero attached hydrogens (tertiary/aromatic N) is 1. The fraction of sp³-hybridized carbons (Fsp3) is 0.0667. The van der Waals surface area contributed by atoms with Crippen LogP contribution in [0.2, 0.25) is 5.02 Å². The summed E-state index contributed by atoms with van der Waals surface area (Å²) >= 11 is 8.37. The van der Waals surface area contributed by atoms with Crippen molar-refractivity contribution in [1.29, 1.82) is 0 Å². The Morgan fingerprint density at radius 2 is 2.24 bits per heavy atom. The van der Waals surface area contributed by atoms with Gasteiger partial charge in [0, 0.05) is 11.6 Å². The summed E-state index contributed by atoms with van der Waals surface area (Å²) in [6.45, 7) is 0.219. The van der Waals surface area contributed by atoms with Gasteiger partial charge in [0.1, 0.15) is 17.9 Å². The van der Waals surface area contributed by atoms with Crippen LogP contribution < -0.4 is 4.74 Å². The summed E-state index contributed by atoms with van der Waals surface area (Å²) in [6.07, 6.45) is 2.35. The van der Waals surface area contributed by atoms with Gasteiger partial charge in [-0.15, -0.1) is 0 Å². The molecule has 0 atom stereocenters. The molecule has 0 saturated heterocycles. The Morgan fingerprint density at radius 1 is 1.38 bits per heavy atom. The number of rotatable bonds is 4. The van der Waals surface area contributed by atoms with E-state index in [2.05, 4.69) is 27.6 Å². The molecule has 0 spiro atoms. The molecule has 3 rings (SSSR count). The molecule has 0 unspecified atom stereocenters. The van der Waals surface area contributed by atoms with Crippen LogP contribution in [0.4, 0.5) is 0 Å². The quantitative estimate of drug-likeness (QED) is 0.467. The van der Waals surface area contributed by atoms with Gasteiger partial charge in [-0.2, -0.15) is 0 Å². The SMILES string of the molecule is O=Cc1ccc(COc2c(I)cc(Cl)c3cccnc23)o1. The molecule has 0 aliphatic rings. The molecule has 0 fully saturated rings. The van der Waals surface area contributed by atoms with Gasteiger partial charge in [0.25, 0.3) is 0 Å². The third kappa shape index (κ3) is 2.89. The van der Waals surface area contributed by atoms with Crippen LogP contribution in [0.5, 0.6) is 5.75 Å². The average Bonchev–Trinajstić information content (AvgIpc) is 2.95. The number of carbonyl (C=O) groups is 1. The van der Waals surface area contributed by atoms with Crippen molar-refractivity contribution >= 4 is 51.4 Å². The Morgan fingerprint density at radius 3 is 3.00 bits per heavy atom. The Labute approximate surface area is 139 Å². The van der Waals surface area contributed by atoms with E-state index in [1.807, 2.05) is 18.2 Å². The normalized spacial score (nSPS) is 10.8. The van der Waals surface area contributed by atoms with E-state index in [9.17, 15) is 4.79 Å². The molecule has 0 bridgehead atoms. The second-order valence-corrected chi connectivity index (χ2v) is 5.85. The van der Waals surface area contributed by atoms with Gasteiger partial charge in [0.15, 0.2) is 17.8 Å². The van der Waals surface area contributed by atoms with Gasteiger partial charge >= 0.3 is 0 Å². The van der Waals surface area contributed by atoms with E-state index in [4.69, 9.17) is 20.8 Å². The Hall–Kier alpha value is -1.60. The molecule has 4 nitrogen and oxygen atoms in total. The minimum atomic E-state index is 0.219. The summed E-state index contributed by atoms with van der Waals surface area (Å²) in [6, 6.07) is 8.87. The number of hydrogen-bond donors (Lipinski definition) is 0. The third-order valence-corrected chi connectivity index (χ3v) is 4.02. The molecule has 1 aromatic carbocycles. The van der Waals surface area contributed by atoms with Gasteiger partial charge in [0.2, 0.25) is 0 Å². The molecule has 0 radical (unpaired) electrons. The van der Waals surface area contributed by atoms with E-state index in [1.54, 1.807) is 18.3 Å². The van der Waals surface area contributed by atoms with Crippen molar-refractivity contribution in [3.8, 4) is 5.75 Å². The molecule has 0 N–H and O–H groups in total. The number of fused-ring (bicyclic) bond motifs is 1. The summed E-state index contributed by atoms with van der Waals surface area (Å²) in [5, 5.41) is 1.47. The number of furan rings is 1. The first-order valence-electron chi connectivity index (χ1n) is 6.08. The zero-order chi connectivity index (χ0) is 14.8. The monoisotopic (exact) mass is 413 g/mol. The minimum Gasteiger partial charge on any atom is -0.482 e. The highest BCUT2D eigenvalue weighted by atomic mass is 127. The molecule has 2 aromatic heterocycles. The van der Waals surface area contributed by atoms with E-state index in [1.165, 1.54) is 0 Å². The molecule has 2 heterocycles. The van der Waals surface area contributed by atoms with E-state index in [0.29, 0.717) is 28.3 Å². The molecule has 0 aliphatic carbocycles. The van der Waals surface area contributed by atoms with Gasteiger partial charge in [-0.05, 0) is 52.9 Å². The van der Waals surface area contributed by atoms with Crippen LogP contribution >= 0.6 is 34.2 Å². The number of aldehydes is 1. The number of carbonyl (C=O) groups excluding carboxylic acids is 1. The minimum absolute atomic E-state index is 0.219. The molecule has 3 aromatic rings. The van der Waals surface area contributed by atoms with Crippen LogP contribution in [0.25, 0.3) is 10.9 Å². The van der Waals surface area contributed by atoms with Crippen molar-refractivity contribution in [3.63, 3.8) is 0 Å². The van der Waals surface area contributed by atoms with Gasteiger partial charge in [-0.25, -0.2) is 0 Å². The van der Waals surface area contributed by atoms with Gasteiger partial charge in [0.05, 0.1) is 8.59 Å². The topological polar surface area (TPSA) is 52.3 Å². The number of halogens is 2. The Kier molecular flexibility index (Phi) is 4.12. The van der Waals surface area contributed by atoms with Crippen molar-refractivity contribution < 1.29 is 13.9 Å². The first-order chi connectivity index (χ1) is 10.2. The molecular formula is C15H9ClINO3. The highest BCUT2D eigenvalue weighted by Crippen LogP contribution is 2.35. The lowest BCUT2D eigenvalue weighted by atomic mass is 10.2. The van der Waals surface area contributed by atoms with E-state index >= 15 is 0 Å². The molecule has 0 aliphatic heterocycles. The predicted octanol–water partition coefficient (Wildman–Crippen LogP) is 4.48. The van der Waals surface area contributed by atoms with Crippen LogP contribution in [0, 0.1) is 3.57 Å². The molecular weight excluding hydrogens is 405 g/mol. The van der Waals surface area contributed by atoms with Gasteiger partial charge < -0.3 is 9.15 Å². The highest BCUT2D eigenvalue weighted by Gasteiger charge is 2.13. The Balaban J connectivity index is 1.94. The third-order valence-electron chi connectivity index (χ3n) is 2.91. The van der Waals surface area contributed by atoms with Crippen LogP contribution in [0.15, 0.2) is 40.9 Å². The first kappa shape index (κ1) is 14.3. The maximum atomic E-state index is 10.6. The molecule has 6 heteroatoms. The summed E-state index contributed by atoms with van der Waals surface area (Å²) in [7, 11) is 0. The molecule has 106 valence electrons. The fourth-order valence-corrected chi connectivity index (χ4v) is 3.13. The van der Waals surface area contributed by atoms with Crippen molar-refractivity contribution in [2.45, 2.75) is 6.61 Å². The lowest BCUT2D eigenvalue weighted by molar-refractivity contribution is 0.109. The van der Waals surface area contributed by atoms with Gasteiger partial charge in [-0.3, -0.25) is 9.78 Å². The maximum Gasteiger partial charge on any atom is 0.185 e. The van der Waals surface area contributed by atoms with Crippen LogP contribution in [0.1, 0.15) is 16.3 Å². The first-order valence-corrected chi connectivity index (χ1v) is 7.54. The highest BCUT2D eigenvalue weighted by molar-refractivity contribution is 14.1. The number of aromatic nitrogens is 1. The van der Waals surface area contributed by atoms with Crippen molar-refractivity contribution in [2.75, 3.05) is 0 Å². The van der Waals surface area contributed by atoms with Crippen LogP contribution in [0.3, 0.4) is 0 Å². The molecule has 0 saturated carbocycles. The zero-order valence-corrected chi connectivity index (χ0v) is 13.6. The van der Waals surface area contributed by atoms with Crippen LogP contribution in [-0.2, 0) is 6.61 Å². The van der Waals surface area contributed by atoms with Crippen molar-refractivity contribution in [3.05, 3.63) is 56.6 Å². The summed E-state index contributed by atoms with van der Waals surface area (Å²) in [5.41, 5.74) is 0.705. The second-order valence-electron chi connectivity index (χ2n) is 4.28. The summed E-state index contributed by atoms with van der Waals surface area (Å²) in [5.74, 6) is 1.51. The molecule has 0 amide bonds. The fourth-order valence-electron chi connectivity index (χ4n) is 1.96. The number of ether oxygens (including phenoxy) is 1.